The average Bonchev–Trinajstić information content (AvgIpc) is 2.17. The van der Waals surface area contributed by atoms with Gasteiger partial charge in [-0.3, -0.25) is 0 Å². The second-order valence-electron chi connectivity index (χ2n) is 4.88. The highest BCUT2D eigenvalue weighted by atomic mass is 14.2. The van der Waals surface area contributed by atoms with Gasteiger partial charge in [0.05, 0.1) is 0 Å². The highest BCUT2D eigenvalue weighted by molar-refractivity contribution is 4.96. The van der Waals surface area contributed by atoms with Crippen molar-refractivity contribution in [2.24, 2.45) is 11.8 Å². The van der Waals surface area contributed by atoms with E-state index in [0.29, 0.717) is 5.92 Å². The van der Waals surface area contributed by atoms with E-state index in [1.54, 1.807) is 0 Å². The Labute approximate surface area is 96.5 Å². The van der Waals surface area contributed by atoms with Crippen molar-refractivity contribution in [3.05, 3.63) is 24.8 Å². The van der Waals surface area contributed by atoms with Crippen molar-refractivity contribution in [3.63, 3.8) is 0 Å². The van der Waals surface area contributed by atoms with Crippen molar-refractivity contribution in [1.82, 2.24) is 0 Å². The lowest BCUT2D eigenvalue weighted by Crippen LogP contribution is -2.04. The molecular formula is C15H28. The summed E-state index contributed by atoms with van der Waals surface area (Å²) in [5.41, 5.74) is 1.35. The third-order valence-corrected chi connectivity index (χ3v) is 3.21. The SMILES string of the molecule is C=CCCC(CCC(C)CCC)C(=C)C. The van der Waals surface area contributed by atoms with Crippen molar-refractivity contribution in [3.8, 4) is 0 Å². The van der Waals surface area contributed by atoms with Crippen molar-refractivity contribution in [2.75, 3.05) is 0 Å². The second-order valence-corrected chi connectivity index (χ2v) is 4.88. The molecule has 0 nitrogen and oxygen atoms in total. The maximum absolute atomic E-state index is 4.10. The van der Waals surface area contributed by atoms with Crippen molar-refractivity contribution < 1.29 is 0 Å². The van der Waals surface area contributed by atoms with Crippen LogP contribution in [0.4, 0.5) is 0 Å². The molecule has 0 N–H and O–H groups in total. The van der Waals surface area contributed by atoms with Gasteiger partial charge in [0.2, 0.25) is 0 Å². The predicted octanol–water partition coefficient (Wildman–Crippen LogP) is 5.36. The zero-order valence-electron chi connectivity index (χ0n) is 10.9. The summed E-state index contributed by atoms with van der Waals surface area (Å²) in [6, 6.07) is 0. The van der Waals surface area contributed by atoms with Crippen molar-refractivity contribution in [1.29, 1.82) is 0 Å². The topological polar surface area (TPSA) is 0 Å². The van der Waals surface area contributed by atoms with Gasteiger partial charge in [-0.05, 0) is 38.0 Å². The minimum atomic E-state index is 0.710. The summed E-state index contributed by atoms with van der Waals surface area (Å²) in [5, 5.41) is 0. The molecule has 2 unspecified atom stereocenters. The van der Waals surface area contributed by atoms with Gasteiger partial charge in [0.25, 0.3) is 0 Å². The molecule has 0 amide bonds. The summed E-state index contributed by atoms with van der Waals surface area (Å²) in [6.07, 6.45) is 9.71. The van der Waals surface area contributed by atoms with Crippen LogP contribution in [0.25, 0.3) is 0 Å². The van der Waals surface area contributed by atoms with E-state index >= 15 is 0 Å². The highest BCUT2D eigenvalue weighted by Gasteiger charge is 2.10. The molecule has 0 radical (unpaired) electrons. The van der Waals surface area contributed by atoms with Crippen LogP contribution >= 0.6 is 0 Å². The summed E-state index contributed by atoms with van der Waals surface area (Å²) >= 11 is 0. The van der Waals surface area contributed by atoms with Gasteiger partial charge in [0.15, 0.2) is 0 Å². The molecule has 0 heterocycles. The fraction of sp³-hybridized carbons (Fsp3) is 0.733. The minimum absolute atomic E-state index is 0.710. The van der Waals surface area contributed by atoms with Gasteiger partial charge in [0.1, 0.15) is 0 Å². The maximum Gasteiger partial charge on any atom is -0.0206 e. The number of hydrogen-bond donors (Lipinski definition) is 0. The Morgan fingerprint density at radius 2 is 1.87 bits per heavy atom. The quantitative estimate of drug-likeness (QED) is 0.447. The van der Waals surface area contributed by atoms with Gasteiger partial charge in [-0.25, -0.2) is 0 Å². The van der Waals surface area contributed by atoms with E-state index < -0.39 is 0 Å². The lowest BCUT2D eigenvalue weighted by Gasteiger charge is -2.18. The summed E-state index contributed by atoms with van der Waals surface area (Å²) in [5.74, 6) is 1.59. The van der Waals surface area contributed by atoms with E-state index in [0.717, 1.165) is 12.3 Å². The van der Waals surface area contributed by atoms with Crippen LogP contribution in [0.15, 0.2) is 24.8 Å². The first-order chi connectivity index (χ1) is 7.11. The number of allylic oxidation sites excluding steroid dienone is 2. The second kappa shape index (κ2) is 8.76. The van der Waals surface area contributed by atoms with E-state index in [-0.39, 0.29) is 0 Å². The maximum atomic E-state index is 4.10. The van der Waals surface area contributed by atoms with E-state index in [9.17, 15) is 0 Å². The monoisotopic (exact) mass is 208 g/mol. The molecule has 0 fully saturated rings. The molecular weight excluding hydrogens is 180 g/mol. The molecule has 0 aromatic rings. The Kier molecular flexibility index (Phi) is 8.46. The van der Waals surface area contributed by atoms with E-state index in [2.05, 4.69) is 33.9 Å². The van der Waals surface area contributed by atoms with Gasteiger partial charge in [-0.1, -0.05) is 51.3 Å². The molecule has 0 bridgehead atoms. The van der Waals surface area contributed by atoms with Crippen LogP contribution in [0.3, 0.4) is 0 Å². The molecule has 0 heteroatoms. The molecule has 0 aliphatic heterocycles. The lowest BCUT2D eigenvalue weighted by molar-refractivity contribution is 0.409. The zero-order valence-corrected chi connectivity index (χ0v) is 10.9. The van der Waals surface area contributed by atoms with Crippen LogP contribution in [-0.2, 0) is 0 Å². The molecule has 0 aliphatic carbocycles. The minimum Gasteiger partial charge on any atom is -0.103 e. The van der Waals surface area contributed by atoms with Crippen molar-refractivity contribution in [2.45, 2.75) is 59.3 Å². The summed E-state index contributed by atoms with van der Waals surface area (Å²) in [4.78, 5) is 0. The molecule has 0 saturated carbocycles. The van der Waals surface area contributed by atoms with E-state index in [1.165, 1.54) is 37.7 Å². The predicted molar refractivity (Wildman–Crippen MR) is 71.0 cm³/mol. The lowest BCUT2D eigenvalue weighted by atomic mass is 9.87. The van der Waals surface area contributed by atoms with Crippen LogP contribution in [0, 0.1) is 11.8 Å². The smallest absolute Gasteiger partial charge is 0.0206 e. The van der Waals surface area contributed by atoms with Gasteiger partial charge in [-0.15, -0.1) is 6.58 Å². The number of hydrogen-bond acceptors (Lipinski definition) is 0. The zero-order chi connectivity index (χ0) is 11.7. The summed E-state index contributed by atoms with van der Waals surface area (Å²) in [6.45, 7) is 14.7. The molecule has 15 heavy (non-hydrogen) atoms. The Morgan fingerprint density at radius 3 is 2.33 bits per heavy atom. The normalized spacial score (nSPS) is 14.6. The molecule has 2 atom stereocenters. The fourth-order valence-corrected chi connectivity index (χ4v) is 2.08. The Morgan fingerprint density at radius 1 is 1.20 bits per heavy atom. The first-order valence-corrected chi connectivity index (χ1v) is 6.38. The largest absolute Gasteiger partial charge is 0.103 e. The third-order valence-electron chi connectivity index (χ3n) is 3.21. The van der Waals surface area contributed by atoms with Crippen LogP contribution in [0.2, 0.25) is 0 Å². The molecule has 0 aromatic heterocycles. The molecule has 0 aromatic carbocycles. The first-order valence-electron chi connectivity index (χ1n) is 6.38. The average molecular weight is 208 g/mol. The molecule has 88 valence electrons. The van der Waals surface area contributed by atoms with Gasteiger partial charge in [-0.2, -0.15) is 0 Å². The fourth-order valence-electron chi connectivity index (χ4n) is 2.08. The van der Waals surface area contributed by atoms with Crippen LogP contribution in [0.1, 0.15) is 59.3 Å². The third kappa shape index (κ3) is 7.41. The van der Waals surface area contributed by atoms with Crippen LogP contribution in [-0.4, -0.2) is 0 Å². The Hall–Kier alpha value is -0.520. The molecule has 0 aliphatic rings. The van der Waals surface area contributed by atoms with Gasteiger partial charge < -0.3 is 0 Å². The molecule has 0 saturated heterocycles. The van der Waals surface area contributed by atoms with Crippen molar-refractivity contribution >= 4 is 0 Å². The van der Waals surface area contributed by atoms with E-state index in [1.807, 2.05) is 6.08 Å². The summed E-state index contributed by atoms with van der Waals surface area (Å²) < 4.78 is 0. The molecule has 0 spiro atoms. The van der Waals surface area contributed by atoms with E-state index in [4.69, 9.17) is 0 Å². The highest BCUT2D eigenvalue weighted by Crippen LogP contribution is 2.24. The van der Waals surface area contributed by atoms with Crippen LogP contribution < -0.4 is 0 Å². The summed E-state index contributed by atoms with van der Waals surface area (Å²) in [7, 11) is 0. The Bertz CT molecular complexity index is 178. The standard InChI is InChI=1S/C15H28/c1-6-8-10-15(13(3)4)12-11-14(5)9-7-2/h6,14-15H,1,3,7-12H2,2,4-5H3. The van der Waals surface area contributed by atoms with Gasteiger partial charge in [0, 0.05) is 0 Å². The van der Waals surface area contributed by atoms with Gasteiger partial charge >= 0.3 is 0 Å². The Balaban J connectivity index is 3.84. The first kappa shape index (κ1) is 14.5. The molecule has 0 rings (SSSR count). The van der Waals surface area contributed by atoms with Crippen LogP contribution in [0.5, 0.6) is 0 Å². The number of rotatable bonds is 9.